The van der Waals surface area contributed by atoms with Crippen LogP contribution >= 0.6 is 11.3 Å². The van der Waals surface area contributed by atoms with E-state index in [0.717, 1.165) is 13.0 Å². The topological polar surface area (TPSA) is 24.9 Å². The van der Waals surface area contributed by atoms with E-state index in [1.807, 2.05) is 11.3 Å². The number of thiazole rings is 1. The maximum Gasteiger partial charge on any atom is 0.0928 e. The van der Waals surface area contributed by atoms with Gasteiger partial charge in [0.05, 0.1) is 10.7 Å². The lowest BCUT2D eigenvalue weighted by Gasteiger charge is -2.21. The third-order valence-corrected chi connectivity index (χ3v) is 4.41. The molecule has 1 atom stereocenters. The molecule has 0 bridgehead atoms. The van der Waals surface area contributed by atoms with Gasteiger partial charge in [-0.05, 0) is 31.7 Å². The van der Waals surface area contributed by atoms with Crippen molar-refractivity contribution in [1.82, 2.24) is 10.3 Å². The van der Waals surface area contributed by atoms with Gasteiger partial charge in [0.25, 0.3) is 0 Å². The highest BCUT2D eigenvalue weighted by Gasteiger charge is 2.17. The zero-order valence-electron chi connectivity index (χ0n) is 13.4. The van der Waals surface area contributed by atoms with Crippen LogP contribution in [0.3, 0.4) is 0 Å². The molecule has 19 heavy (non-hydrogen) atoms. The molecule has 0 aliphatic carbocycles. The Morgan fingerprint density at radius 2 is 2.00 bits per heavy atom. The predicted octanol–water partition coefficient (Wildman–Crippen LogP) is 4.40. The Hall–Kier alpha value is -0.410. The molecular weight excluding hydrogens is 252 g/mol. The van der Waals surface area contributed by atoms with Gasteiger partial charge in [0.2, 0.25) is 0 Å². The van der Waals surface area contributed by atoms with E-state index in [9.17, 15) is 0 Å². The summed E-state index contributed by atoms with van der Waals surface area (Å²) in [6.07, 6.45) is 3.60. The van der Waals surface area contributed by atoms with Gasteiger partial charge in [0, 0.05) is 16.8 Å². The zero-order chi connectivity index (χ0) is 14.5. The Balaban J connectivity index is 2.42. The van der Waals surface area contributed by atoms with E-state index in [1.165, 1.54) is 23.5 Å². The highest BCUT2D eigenvalue weighted by molar-refractivity contribution is 7.09. The summed E-state index contributed by atoms with van der Waals surface area (Å²) in [4.78, 5) is 4.77. The normalized spacial score (nSPS) is 14.1. The second kappa shape index (κ2) is 7.39. The zero-order valence-corrected chi connectivity index (χ0v) is 14.2. The number of nitrogens with zero attached hydrogens (tertiary/aromatic N) is 1. The minimum absolute atomic E-state index is 0.180. The van der Waals surface area contributed by atoms with Crippen LogP contribution in [-0.2, 0) is 11.8 Å². The molecule has 1 heterocycles. The molecule has 1 unspecified atom stereocenters. The Morgan fingerprint density at radius 3 is 2.47 bits per heavy atom. The molecule has 0 aromatic carbocycles. The Labute approximate surface area is 123 Å². The first kappa shape index (κ1) is 16.6. The number of nitrogens with one attached hydrogen (secondary N) is 1. The van der Waals surface area contributed by atoms with Gasteiger partial charge in [0.1, 0.15) is 0 Å². The quantitative estimate of drug-likeness (QED) is 0.802. The minimum Gasteiger partial charge on any atom is -0.314 e. The van der Waals surface area contributed by atoms with E-state index in [2.05, 4.69) is 52.2 Å². The molecule has 1 N–H and O–H groups in total. The van der Waals surface area contributed by atoms with Crippen molar-refractivity contribution >= 4 is 11.3 Å². The standard InChI is InChI=1S/C16H30N2S/c1-7-17-13(12(2)3)9-8-10-15-18-14(11-19-15)16(4,5)6/h11-13,17H,7-10H2,1-6H3. The predicted molar refractivity (Wildman–Crippen MR) is 86.1 cm³/mol. The van der Waals surface area contributed by atoms with Gasteiger partial charge in [0.15, 0.2) is 0 Å². The SMILES string of the molecule is CCNC(CCCc1nc(C(C)(C)C)cs1)C(C)C. The van der Waals surface area contributed by atoms with Crippen molar-refractivity contribution < 1.29 is 0 Å². The second-order valence-electron chi connectivity index (χ2n) is 6.68. The molecule has 0 amide bonds. The molecule has 0 fully saturated rings. The van der Waals surface area contributed by atoms with Gasteiger partial charge in [-0.3, -0.25) is 0 Å². The van der Waals surface area contributed by atoms with Crippen LogP contribution in [0.15, 0.2) is 5.38 Å². The number of rotatable bonds is 7. The largest absolute Gasteiger partial charge is 0.314 e. The van der Waals surface area contributed by atoms with Crippen molar-refractivity contribution in [2.75, 3.05) is 6.54 Å². The van der Waals surface area contributed by atoms with Crippen LogP contribution in [-0.4, -0.2) is 17.6 Å². The fourth-order valence-electron chi connectivity index (χ4n) is 2.18. The fourth-order valence-corrected chi connectivity index (χ4v) is 3.24. The molecule has 0 saturated heterocycles. The summed E-state index contributed by atoms with van der Waals surface area (Å²) >= 11 is 1.82. The molecule has 0 saturated carbocycles. The van der Waals surface area contributed by atoms with E-state index >= 15 is 0 Å². The fraction of sp³-hybridized carbons (Fsp3) is 0.812. The molecule has 2 nitrogen and oxygen atoms in total. The summed E-state index contributed by atoms with van der Waals surface area (Å²) in [5.41, 5.74) is 1.42. The van der Waals surface area contributed by atoms with Crippen LogP contribution < -0.4 is 5.32 Å². The van der Waals surface area contributed by atoms with Crippen molar-refractivity contribution in [3.05, 3.63) is 16.1 Å². The molecule has 1 aromatic rings. The first-order chi connectivity index (χ1) is 8.84. The van der Waals surface area contributed by atoms with E-state index in [-0.39, 0.29) is 5.41 Å². The van der Waals surface area contributed by atoms with Crippen LogP contribution in [0.2, 0.25) is 0 Å². The molecule has 3 heteroatoms. The summed E-state index contributed by atoms with van der Waals surface area (Å²) in [6.45, 7) is 14.5. The van der Waals surface area contributed by atoms with Crippen molar-refractivity contribution in [2.24, 2.45) is 5.92 Å². The maximum atomic E-state index is 4.77. The molecule has 0 radical (unpaired) electrons. The maximum absolute atomic E-state index is 4.77. The van der Waals surface area contributed by atoms with Crippen LogP contribution in [0.25, 0.3) is 0 Å². The van der Waals surface area contributed by atoms with Gasteiger partial charge in [-0.25, -0.2) is 4.98 Å². The smallest absolute Gasteiger partial charge is 0.0928 e. The lowest BCUT2D eigenvalue weighted by Crippen LogP contribution is -2.33. The van der Waals surface area contributed by atoms with Crippen LogP contribution in [0.1, 0.15) is 65.1 Å². The van der Waals surface area contributed by atoms with E-state index in [4.69, 9.17) is 4.98 Å². The minimum atomic E-state index is 0.180. The Bertz CT molecular complexity index is 363. The first-order valence-corrected chi connectivity index (χ1v) is 8.40. The summed E-state index contributed by atoms with van der Waals surface area (Å²) in [5.74, 6) is 0.710. The van der Waals surface area contributed by atoms with Gasteiger partial charge in [-0.1, -0.05) is 41.5 Å². The van der Waals surface area contributed by atoms with E-state index in [0.29, 0.717) is 12.0 Å². The molecular formula is C16H30N2S. The monoisotopic (exact) mass is 282 g/mol. The number of hydrogen-bond acceptors (Lipinski definition) is 3. The molecule has 0 spiro atoms. The highest BCUT2D eigenvalue weighted by atomic mass is 32.1. The van der Waals surface area contributed by atoms with Gasteiger partial charge >= 0.3 is 0 Å². The summed E-state index contributed by atoms with van der Waals surface area (Å²) in [5, 5.41) is 7.10. The Kier molecular flexibility index (Phi) is 6.48. The van der Waals surface area contributed by atoms with Crippen molar-refractivity contribution in [3.63, 3.8) is 0 Å². The second-order valence-corrected chi connectivity index (χ2v) is 7.62. The van der Waals surface area contributed by atoms with Crippen LogP contribution in [0.4, 0.5) is 0 Å². The van der Waals surface area contributed by atoms with Gasteiger partial charge < -0.3 is 5.32 Å². The lowest BCUT2D eigenvalue weighted by atomic mass is 9.93. The van der Waals surface area contributed by atoms with E-state index in [1.54, 1.807) is 0 Å². The van der Waals surface area contributed by atoms with Crippen molar-refractivity contribution in [3.8, 4) is 0 Å². The summed E-state index contributed by atoms with van der Waals surface area (Å²) in [7, 11) is 0. The number of hydrogen-bond donors (Lipinski definition) is 1. The number of aromatic nitrogens is 1. The molecule has 1 rings (SSSR count). The lowest BCUT2D eigenvalue weighted by molar-refractivity contribution is 0.377. The third-order valence-electron chi connectivity index (χ3n) is 3.50. The first-order valence-electron chi connectivity index (χ1n) is 7.52. The Morgan fingerprint density at radius 1 is 1.32 bits per heavy atom. The highest BCUT2D eigenvalue weighted by Crippen LogP contribution is 2.24. The van der Waals surface area contributed by atoms with Crippen LogP contribution in [0.5, 0.6) is 0 Å². The van der Waals surface area contributed by atoms with Gasteiger partial charge in [-0.2, -0.15) is 0 Å². The van der Waals surface area contributed by atoms with Crippen molar-refractivity contribution in [1.29, 1.82) is 0 Å². The third kappa shape index (κ3) is 5.62. The van der Waals surface area contributed by atoms with Crippen LogP contribution in [0, 0.1) is 5.92 Å². The molecule has 0 aliphatic rings. The van der Waals surface area contributed by atoms with Crippen molar-refractivity contribution in [2.45, 2.75) is 72.3 Å². The molecule has 0 aliphatic heterocycles. The summed E-state index contributed by atoms with van der Waals surface area (Å²) < 4.78 is 0. The summed E-state index contributed by atoms with van der Waals surface area (Å²) in [6, 6.07) is 0.645. The average Bonchev–Trinajstić information content (AvgIpc) is 2.76. The molecule has 1 aromatic heterocycles. The van der Waals surface area contributed by atoms with Gasteiger partial charge in [-0.15, -0.1) is 11.3 Å². The average molecular weight is 282 g/mol. The number of aryl methyl sites for hydroxylation is 1. The van der Waals surface area contributed by atoms with E-state index < -0.39 is 0 Å². The molecule has 110 valence electrons.